The highest BCUT2D eigenvalue weighted by atomic mass is 31.2. The predicted octanol–water partition coefficient (Wildman–Crippen LogP) is 13.6. The first kappa shape index (κ1) is 32.8. The second-order valence-electron chi connectivity index (χ2n) is 15.4. The molecule has 11 rings (SSSR count). The van der Waals surface area contributed by atoms with Crippen LogP contribution in [0.3, 0.4) is 0 Å². The lowest BCUT2D eigenvalue weighted by Crippen LogP contribution is -2.26. The minimum atomic E-state index is -3.46. The minimum Gasteiger partial charge on any atom is -0.309 e. The first-order valence-corrected chi connectivity index (χ1v) is 20.8. The fourth-order valence-electron chi connectivity index (χ4n) is 9.28. The van der Waals surface area contributed by atoms with Crippen LogP contribution < -0.4 is 14.6 Å². The lowest BCUT2D eigenvalue weighted by atomic mass is 9.82. The summed E-state index contributed by atoms with van der Waals surface area (Å²) in [4.78, 5) is 0. The molecule has 1 aromatic heterocycles. The molecule has 0 radical (unpaired) electrons. The van der Waals surface area contributed by atoms with Crippen LogP contribution >= 0.6 is 7.44 Å². The third-order valence-electron chi connectivity index (χ3n) is 11.9. The number of benzene rings is 8. The van der Waals surface area contributed by atoms with Gasteiger partial charge in [0.1, 0.15) is 0 Å². The Balaban J connectivity index is 1.11. The topological polar surface area (TPSA) is 28.5 Å². The molecule has 0 amide bonds. The van der Waals surface area contributed by atoms with Crippen molar-refractivity contribution in [2.24, 2.45) is 0 Å². The normalized spacial score (nSPS) is 16.6. The molecule has 1 unspecified atom stereocenters. The molecule has 1 atom stereocenters. The van der Waals surface area contributed by atoms with Gasteiger partial charge < -0.3 is 4.57 Å². The largest absolute Gasteiger partial charge is 0.309 e. The van der Waals surface area contributed by atoms with Crippen molar-refractivity contribution in [2.45, 2.75) is 19.3 Å². The number of anilines is 4. The fraction of sp³-hybridized carbons (Fsp3) is 0.0588. The summed E-state index contributed by atoms with van der Waals surface area (Å²) < 4.78 is 22.6. The van der Waals surface area contributed by atoms with E-state index in [1.807, 2.05) is 78.9 Å². The number of hydrogen-bond donors (Lipinski definition) is 0. The Bertz CT molecular complexity index is 3040. The molecule has 1 aliphatic carbocycles. The predicted molar refractivity (Wildman–Crippen MR) is 235 cm³/mol. The average molecular weight is 740 g/mol. The molecule has 0 bridgehead atoms. The molecule has 0 spiro atoms. The molecule has 8 aromatic carbocycles. The zero-order valence-corrected chi connectivity index (χ0v) is 32.1. The average Bonchev–Trinajstić information content (AvgIpc) is 3.81. The van der Waals surface area contributed by atoms with Gasteiger partial charge in [0.25, 0.3) is 0 Å². The van der Waals surface area contributed by atoms with Gasteiger partial charge in [-0.1, -0.05) is 129 Å². The van der Waals surface area contributed by atoms with E-state index in [1.165, 1.54) is 44.1 Å². The molecule has 56 heavy (non-hydrogen) atoms. The lowest BCUT2D eigenvalue weighted by Gasteiger charge is -2.33. The summed E-state index contributed by atoms with van der Waals surface area (Å²) >= 11 is 0. The maximum absolute atomic E-state index is 16.1. The number of aromatic nitrogens is 1. The van der Waals surface area contributed by atoms with E-state index in [2.05, 4.69) is 143 Å². The Kier molecular flexibility index (Phi) is 7.14. The van der Waals surface area contributed by atoms with Crippen molar-refractivity contribution in [3.8, 4) is 27.9 Å². The number of rotatable bonds is 5. The summed E-state index contributed by atoms with van der Waals surface area (Å²) in [6.45, 7) is 4.69. The molecular weight excluding hydrogens is 702 g/mol. The van der Waals surface area contributed by atoms with E-state index in [-0.39, 0.29) is 5.41 Å². The second-order valence-corrected chi connectivity index (χ2v) is 17.8. The Morgan fingerprint density at radius 3 is 1.79 bits per heavy atom. The summed E-state index contributed by atoms with van der Waals surface area (Å²) in [7, 11) is -3.46. The van der Waals surface area contributed by atoms with Crippen LogP contribution in [0.1, 0.15) is 25.0 Å². The van der Waals surface area contributed by atoms with Crippen LogP contribution in [0.15, 0.2) is 194 Å². The van der Waals surface area contributed by atoms with Crippen molar-refractivity contribution in [1.29, 1.82) is 0 Å². The Morgan fingerprint density at radius 1 is 0.429 bits per heavy atom. The molecule has 268 valence electrons. The van der Waals surface area contributed by atoms with E-state index in [0.717, 1.165) is 44.9 Å². The van der Waals surface area contributed by atoms with Crippen molar-refractivity contribution < 1.29 is 4.57 Å². The van der Waals surface area contributed by atoms with Crippen LogP contribution in [0.4, 0.5) is 22.7 Å². The Labute approximate surface area is 327 Å². The quantitative estimate of drug-likeness (QED) is 0.165. The van der Waals surface area contributed by atoms with E-state index in [4.69, 9.17) is 0 Å². The van der Waals surface area contributed by atoms with Crippen LogP contribution in [0.5, 0.6) is 0 Å². The molecule has 2 heterocycles. The monoisotopic (exact) mass is 739 g/mol. The first-order chi connectivity index (χ1) is 27.4. The first-order valence-electron chi connectivity index (χ1n) is 19.2. The number of nitrogens with zero attached hydrogens (tertiary/aromatic N) is 3. The number of para-hydroxylation sites is 3. The van der Waals surface area contributed by atoms with Gasteiger partial charge in [-0.15, -0.1) is 0 Å². The van der Waals surface area contributed by atoms with Crippen LogP contribution in [0, 0.1) is 0 Å². The van der Waals surface area contributed by atoms with Crippen LogP contribution in [0.25, 0.3) is 49.7 Å². The molecule has 0 fully saturated rings. The van der Waals surface area contributed by atoms with E-state index in [9.17, 15) is 0 Å². The van der Waals surface area contributed by atoms with E-state index in [0.29, 0.717) is 0 Å². The van der Waals surface area contributed by atoms with Gasteiger partial charge in [0, 0.05) is 33.2 Å². The van der Waals surface area contributed by atoms with E-state index >= 15 is 4.57 Å². The maximum atomic E-state index is 16.1. The fourth-order valence-corrected chi connectivity index (χ4v) is 12.3. The molecule has 2 aliphatic rings. The van der Waals surface area contributed by atoms with Crippen molar-refractivity contribution in [3.05, 3.63) is 205 Å². The van der Waals surface area contributed by atoms with Crippen molar-refractivity contribution in [1.82, 2.24) is 4.57 Å². The third-order valence-corrected chi connectivity index (χ3v) is 14.8. The standard InChI is InChI=1S/C51H38N3OP/c1-51(2)45-27-14-12-25-41(45)43-34-49-44(33-46(43)51)42-26-13-15-28-47(42)52(49)39-22-16-17-35(31-39)36-29-30-48-50(32-36)54(38-20-8-4-9-21-38)56(55,40-23-10-5-11-24-40)53(48)37-18-6-3-7-19-37/h3-34H,1-2H3. The second kappa shape index (κ2) is 12.2. The zero-order chi connectivity index (χ0) is 37.6. The van der Waals surface area contributed by atoms with Gasteiger partial charge >= 0.3 is 7.44 Å². The van der Waals surface area contributed by atoms with Crippen LogP contribution in [-0.4, -0.2) is 4.57 Å². The van der Waals surface area contributed by atoms with E-state index < -0.39 is 7.44 Å². The molecule has 4 nitrogen and oxygen atoms in total. The summed E-state index contributed by atoms with van der Waals surface area (Å²) in [6, 6.07) is 68.1. The van der Waals surface area contributed by atoms with Gasteiger partial charge in [-0.3, -0.25) is 13.9 Å². The minimum absolute atomic E-state index is 0.0784. The smallest absolute Gasteiger partial charge is 0.301 e. The highest BCUT2D eigenvalue weighted by molar-refractivity contribution is 7.76. The molecule has 0 saturated heterocycles. The zero-order valence-electron chi connectivity index (χ0n) is 31.2. The number of fused-ring (bicyclic) bond motifs is 7. The molecular formula is C51H38N3OP. The van der Waals surface area contributed by atoms with Crippen LogP contribution in [0.2, 0.25) is 0 Å². The van der Waals surface area contributed by atoms with Crippen molar-refractivity contribution in [3.63, 3.8) is 0 Å². The maximum Gasteiger partial charge on any atom is 0.301 e. The Morgan fingerprint density at radius 2 is 1.04 bits per heavy atom. The lowest BCUT2D eigenvalue weighted by molar-refractivity contribution is 0.582. The summed E-state index contributed by atoms with van der Waals surface area (Å²) in [6.07, 6.45) is 0. The molecule has 1 aliphatic heterocycles. The third kappa shape index (κ3) is 4.63. The Hall–Kier alpha value is -6.61. The van der Waals surface area contributed by atoms with Gasteiger partial charge in [0.05, 0.1) is 27.7 Å². The molecule has 9 aromatic rings. The summed E-state index contributed by atoms with van der Waals surface area (Å²) in [5.74, 6) is 0. The van der Waals surface area contributed by atoms with E-state index in [1.54, 1.807) is 0 Å². The molecule has 0 saturated carbocycles. The molecule has 0 N–H and O–H groups in total. The summed E-state index contributed by atoms with van der Waals surface area (Å²) in [5, 5.41) is 3.28. The SMILES string of the molecule is CC1(C)c2ccccc2-c2cc3c(cc21)c1ccccc1n3-c1cccc(-c2ccc3c(c2)N(c2ccccc2)P(=O)(c2ccccc2)N3c2ccccc2)c1. The van der Waals surface area contributed by atoms with Gasteiger partial charge in [0.2, 0.25) is 0 Å². The van der Waals surface area contributed by atoms with Crippen LogP contribution in [-0.2, 0) is 9.98 Å². The van der Waals surface area contributed by atoms with Gasteiger partial charge in [-0.25, -0.2) is 0 Å². The molecule has 5 heteroatoms. The highest BCUT2D eigenvalue weighted by Crippen LogP contribution is 2.70. The van der Waals surface area contributed by atoms with Crippen molar-refractivity contribution in [2.75, 3.05) is 9.34 Å². The number of hydrogen-bond acceptors (Lipinski definition) is 1. The summed E-state index contributed by atoms with van der Waals surface area (Å²) in [5.41, 5.74) is 14.5. The van der Waals surface area contributed by atoms with Gasteiger partial charge in [-0.05, 0) is 112 Å². The highest BCUT2D eigenvalue weighted by Gasteiger charge is 2.49. The van der Waals surface area contributed by atoms with Crippen molar-refractivity contribution >= 4 is 57.3 Å². The van der Waals surface area contributed by atoms with Gasteiger partial charge in [0.15, 0.2) is 0 Å². The van der Waals surface area contributed by atoms with Gasteiger partial charge in [-0.2, -0.15) is 0 Å².